The minimum atomic E-state index is -0.334. The summed E-state index contributed by atoms with van der Waals surface area (Å²) in [7, 11) is 0. The molecule has 0 aliphatic rings. The van der Waals surface area contributed by atoms with Crippen molar-refractivity contribution in [3.63, 3.8) is 0 Å². The summed E-state index contributed by atoms with van der Waals surface area (Å²) in [5.41, 5.74) is 0.889. The SMILES string of the molecule is O=C(Nc1nnc(-c2ccncc2)s1)c1sc2cccc(Cl)c2c1Cl. The van der Waals surface area contributed by atoms with Crippen molar-refractivity contribution >= 4 is 67.0 Å². The van der Waals surface area contributed by atoms with Crippen LogP contribution in [0.15, 0.2) is 42.7 Å². The minimum Gasteiger partial charge on any atom is -0.296 e. The van der Waals surface area contributed by atoms with Crippen molar-refractivity contribution in [2.75, 3.05) is 5.32 Å². The molecule has 1 amide bonds. The first-order valence-electron chi connectivity index (χ1n) is 7.05. The maximum absolute atomic E-state index is 12.6. The number of rotatable bonds is 3. The Morgan fingerprint density at radius 2 is 1.84 bits per heavy atom. The van der Waals surface area contributed by atoms with Gasteiger partial charge in [-0.05, 0) is 24.3 Å². The molecule has 1 N–H and O–H groups in total. The molecule has 4 rings (SSSR count). The van der Waals surface area contributed by atoms with Gasteiger partial charge in [0.05, 0.1) is 10.0 Å². The smallest absolute Gasteiger partial charge is 0.269 e. The molecule has 0 saturated carbocycles. The molecule has 25 heavy (non-hydrogen) atoms. The molecular weight excluding hydrogens is 399 g/mol. The van der Waals surface area contributed by atoms with E-state index in [1.165, 1.54) is 22.7 Å². The zero-order chi connectivity index (χ0) is 17.4. The van der Waals surface area contributed by atoms with E-state index >= 15 is 0 Å². The number of halogens is 2. The summed E-state index contributed by atoms with van der Waals surface area (Å²) in [4.78, 5) is 16.9. The monoisotopic (exact) mass is 406 g/mol. The van der Waals surface area contributed by atoms with Crippen molar-refractivity contribution in [1.82, 2.24) is 15.2 Å². The fraction of sp³-hybridized carbons (Fsp3) is 0. The number of amides is 1. The molecule has 4 aromatic rings. The fourth-order valence-corrected chi connectivity index (χ4v) is 4.85. The summed E-state index contributed by atoms with van der Waals surface area (Å²) in [6, 6.07) is 9.11. The third kappa shape index (κ3) is 3.11. The molecule has 0 spiro atoms. The molecule has 3 aromatic heterocycles. The number of carbonyl (C=O) groups is 1. The molecule has 0 bridgehead atoms. The number of fused-ring (bicyclic) bond motifs is 1. The van der Waals surface area contributed by atoms with E-state index in [4.69, 9.17) is 23.2 Å². The molecule has 0 atom stereocenters. The zero-order valence-corrected chi connectivity index (χ0v) is 15.5. The van der Waals surface area contributed by atoms with Gasteiger partial charge in [0.1, 0.15) is 9.88 Å². The third-order valence-corrected chi connectivity index (χ3v) is 6.23. The number of hydrogen-bond acceptors (Lipinski definition) is 6. The number of benzene rings is 1. The van der Waals surface area contributed by atoms with Crippen LogP contribution in [-0.4, -0.2) is 21.1 Å². The molecule has 0 fully saturated rings. The lowest BCUT2D eigenvalue weighted by Gasteiger charge is -1.98. The lowest BCUT2D eigenvalue weighted by Crippen LogP contribution is -2.10. The summed E-state index contributed by atoms with van der Waals surface area (Å²) >= 11 is 15.1. The predicted molar refractivity (Wildman–Crippen MR) is 103 cm³/mol. The first kappa shape index (κ1) is 16.4. The van der Waals surface area contributed by atoms with Gasteiger partial charge in [0.2, 0.25) is 5.13 Å². The van der Waals surface area contributed by atoms with Gasteiger partial charge in [-0.15, -0.1) is 21.5 Å². The second kappa shape index (κ2) is 6.68. The van der Waals surface area contributed by atoms with Gasteiger partial charge in [0, 0.05) is 28.0 Å². The Balaban J connectivity index is 1.62. The second-order valence-electron chi connectivity index (χ2n) is 4.96. The number of hydrogen-bond donors (Lipinski definition) is 1. The summed E-state index contributed by atoms with van der Waals surface area (Å²) in [6.07, 6.45) is 3.35. The van der Waals surface area contributed by atoms with Crippen molar-refractivity contribution in [2.45, 2.75) is 0 Å². The van der Waals surface area contributed by atoms with Crippen molar-refractivity contribution in [3.8, 4) is 10.6 Å². The van der Waals surface area contributed by atoms with Gasteiger partial charge in [-0.25, -0.2) is 0 Å². The molecule has 0 saturated heterocycles. The van der Waals surface area contributed by atoms with Crippen molar-refractivity contribution in [1.29, 1.82) is 0 Å². The number of pyridine rings is 1. The largest absolute Gasteiger partial charge is 0.296 e. The summed E-state index contributed by atoms with van der Waals surface area (Å²) in [6.45, 7) is 0. The number of anilines is 1. The Morgan fingerprint density at radius 1 is 1.04 bits per heavy atom. The van der Waals surface area contributed by atoms with E-state index in [1.807, 2.05) is 24.3 Å². The van der Waals surface area contributed by atoms with Crippen LogP contribution in [0, 0.1) is 0 Å². The minimum absolute atomic E-state index is 0.334. The molecule has 9 heteroatoms. The highest BCUT2D eigenvalue weighted by Crippen LogP contribution is 2.39. The Hall–Kier alpha value is -2.06. The van der Waals surface area contributed by atoms with E-state index < -0.39 is 0 Å². The first-order valence-corrected chi connectivity index (χ1v) is 9.44. The summed E-state index contributed by atoms with van der Waals surface area (Å²) in [5, 5.41) is 13.5. The summed E-state index contributed by atoms with van der Waals surface area (Å²) in [5.74, 6) is -0.334. The van der Waals surface area contributed by atoms with Gasteiger partial charge in [-0.3, -0.25) is 15.1 Å². The first-order chi connectivity index (χ1) is 12.1. The lowest BCUT2D eigenvalue weighted by molar-refractivity contribution is 0.103. The van der Waals surface area contributed by atoms with Gasteiger partial charge in [0.25, 0.3) is 5.91 Å². The van der Waals surface area contributed by atoms with Gasteiger partial charge in [-0.1, -0.05) is 40.6 Å². The van der Waals surface area contributed by atoms with Crippen LogP contribution in [0.25, 0.3) is 20.7 Å². The van der Waals surface area contributed by atoms with Gasteiger partial charge < -0.3 is 0 Å². The molecular formula is C16H8Cl2N4OS2. The van der Waals surface area contributed by atoms with Gasteiger partial charge in [-0.2, -0.15) is 0 Å². The fourth-order valence-electron chi connectivity index (χ4n) is 2.26. The Labute approximate surface area is 160 Å². The molecule has 0 unspecified atom stereocenters. The highest BCUT2D eigenvalue weighted by atomic mass is 35.5. The van der Waals surface area contributed by atoms with Crippen molar-refractivity contribution in [2.24, 2.45) is 0 Å². The van der Waals surface area contributed by atoms with E-state index in [2.05, 4.69) is 20.5 Å². The number of nitrogens with one attached hydrogen (secondary N) is 1. The molecule has 124 valence electrons. The average molecular weight is 407 g/mol. The highest BCUT2D eigenvalue weighted by Gasteiger charge is 2.20. The van der Waals surface area contributed by atoms with Crippen LogP contribution in [0.1, 0.15) is 9.67 Å². The maximum Gasteiger partial charge on any atom is 0.269 e. The molecule has 0 aliphatic heterocycles. The number of nitrogens with zero attached hydrogens (tertiary/aromatic N) is 3. The van der Waals surface area contributed by atoms with Crippen LogP contribution < -0.4 is 5.32 Å². The Morgan fingerprint density at radius 3 is 2.60 bits per heavy atom. The molecule has 5 nitrogen and oxygen atoms in total. The zero-order valence-electron chi connectivity index (χ0n) is 12.4. The molecule has 0 aliphatic carbocycles. The van der Waals surface area contributed by atoms with Crippen LogP contribution in [0.2, 0.25) is 10.0 Å². The quantitative estimate of drug-likeness (QED) is 0.496. The van der Waals surface area contributed by atoms with Crippen LogP contribution in [0.3, 0.4) is 0 Å². The van der Waals surface area contributed by atoms with E-state index in [1.54, 1.807) is 18.5 Å². The van der Waals surface area contributed by atoms with Crippen LogP contribution in [0.5, 0.6) is 0 Å². The van der Waals surface area contributed by atoms with Gasteiger partial charge in [0.15, 0.2) is 0 Å². The van der Waals surface area contributed by atoms with E-state index in [9.17, 15) is 4.79 Å². The lowest BCUT2D eigenvalue weighted by atomic mass is 10.2. The van der Waals surface area contributed by atoms with Crippen LogP contribution >= 0.6 is 45.9 Å². The molecule has 0 radical (unpaired) electrons. The number of thiophene rings is 1. The topological polar surface area (TPSA) is 67.8 Å². The molecule has 3 heterocycles. The van der Waals surface area contributed by atoms with Crippen molar-refractivity contribution in [3.05, 3.63) is 57.6 Å². The number of aromatic nitrogens is 3. The number of carbonyl (C=O) groups excluding carboxylic acids is 1. The van der Waals surface area contributed by atoms with E-state index in [0.717, 1.165) is 10.3 Å². The van der Waals surface area contributed by atoms with Crippen LogP contribution in [0.4, 0.5) is 5.13 Å². The molecule has 1 aromatic carbocycles. The summed E-state index contributed by atoms with van der Waals surface area (Å²) < 4.78 is 0.859. The Kier molecular flexibility index (Phi) is 4.39. The normalized spacial score (nSPS) is 11.0. The standard InChI is InChI=1S/C16H8Cl2N4OS2/c17-9-2-1-3-10-11(9)12(18)13(24-10)14(23)20-16-22-21-15(25-16)8-4-6-19-7-5-8/h1-7H,(H,20,22,23). The highest BCUT2D eigenvalue weighted by molar-refractivity contribution is 7.22. The third-order valence-electron chi connectivity index (χ3n) is 3.39. The van der Waals surface area contributed by atoms with Gasteiger partial charge >= 0.3 is 0 Å². The predicted octanol–water partition coefficient (Wildman–Crippen LogP) is 5.37. The van der Waals surface area contributed by atoms with E-state index in [-0.39, 0.29) is 5.91 Å². The average Bonchev–Trinajstić information content (AvgIpc) is 3.21. The van der Waals surface area contributed by atoms with Crippen molar-refractivity contribution < 1.29 is 4.79 Å². The van der Waals surface area contributed by atoms with E-state index in [0.29, 0.717) is 30.4 Å². The van der Waals surface area contributed by atoms with Crippen LogP contribution in [-0.2, 0) is 0 Å². The second-order valence-corrected chi connectivity index (χ2v) is 7.78. The maximum atomic E-state index is 12.6. The Bertz CT molecular complexity index is 1080.